The van der Waals surface area contributed by atoms with Gasteiger partial charge in [-0.3, -0.25) is 0 Å². The topological polar surface area (TPSA) is 0 Å². The minimum atomic E-state index is 1.33. The summed E-state index contributed by atoms with van der Waals surface area (Å²) in [6.45, 7) is 2.28. The molecule has 0 aromatic heterocycles. The molecular formula is C13H24. The zero-order chi connectivity index (χ0) is 9.36. The lowest BCUT2D eigenvalue weighted by atomic mass is 10.1. The van der Waals surface area contributed by atoms with E-state index in [1.54, 1.807) is 5.57 Å². The molecule has 1 rings (SSSR count). The van der Waals surface area contributed by atoms with Gasteiger partial charge in [0.2, 0.25) is 0 Å². The first-order valence-corrected chi connectivity index (χ1v) is 6.11. The van der Waals surface area contributed by atoms with E-state index >= 15 is 0 Å². The third-order valence-electron chi connectivity index (χ3n) is 2.84. The fraction of sp³-hybridized carbons (Fsp3) is 0.846. The highest BCUT2D eigenvalue weighted by atomic mass is 14.1. The number of allylic oxidation sites excluding steroid dienone is 2. The Morgan fingerprint density at radius 2 is 1.46 bits per heavy atom. The van der Waals surface area contributed by atoms with Crippen LogP contribution in [0.15, 0.2) is 11.6 Å². The van der Waals surface area contributed by atoms with Crippen LogP contribution in [0.4, 0.5) is 0 Å². The van der Waals surface area contributed by atoms with Crippen molar-refractivity contribution in [2.75, 3.05) is 0 Å². The summed E-state index contributed by atoms with van der Waals surface area (Å²) < 4.78 is 0. The molecule has 0 saturated heterocycles. The summed E-state index contributed by atoms with van der Waals surface area (Å²) in [5.74, 6) is 0. The predicted molar refractivity (Wildman–Crippen MR) is 59.9 cm³/mol. The summed E-state index contributed by atoms with van der Waals surface area (Å²) >= 11 is 0. The van der Waals surface area contributed by atoms with E-state index in [0.717, 1.165) is 0 Å². The van der Waals surface area contributed by atoms with Gasteiger partial charge in [-0.1, -0.05) is 63.5 Å². The van der Waals surface area contributed by atoms with Crippen molar-refractivity contribution in [3.63, 3.8) is 0 Å². The van der Waals surface area contributed by atoms with Crippen molar-refractivity contribution >= 4 is 0 Å². The van der Waals surface area contributed by atoms with Crippen LogP contribution in [0.25, 0.3) is 0 Å². The number of hydrogen-bond acceptors (Lipinski definition) is 0. The van der Waals surface area contributed by atoms with Gasteiger partial charge in [0.1, 0.15) is 0 Å². The Kier molecular flexibility index (Phi) is 5.97. The minimum Gasteiger partial charge on any atom is -0.0810 e. The van der Waals surface area contributed by atoms with E-state index < -0.39 is 0 Å². The molecule has 0 heteroatoms. The highest BCUT2D eigenvalue weighted by molar-refractivity contribution is 5.21. The van der Waals surface area contributed by atoms with Crippen molar-refractivity contribution in [3.05, 3.63) is 11.6 Å². The van der Waals surface area contributed by atoms with Crippen molar-refractivity contribution in [3.8, 4) is 0 Å². The fourth-order valence-electron chi connectivity index (χ4n) is 1.76. The summed E-state index contributed by atoms with van der Waals surface area (Å²) in [4.78, 5) is 0. The molecule has 76 valence electrons. The zero-order valence-electron chi connectivity index (χ0n) is 9.15. The Morgan fingerprint density at radius 3 is 2.00 bits per heavy atom. The number of unbranched alkanes of at least 4 members (excludes halogenated alkanes) is 7. The van der Waals surface area contributed by atoms with Crippen LogP contribution >= 0.6 is 0 Å². The lowest BCUT2D eigenvalue weighted by Crippen LogP contribution is -1.80. The molecule has 13 heavy (non-hydrogen) atoms. The fourth-order valence-corrected chi connectivity index (χ4v) is 1.76. The van der Waals surface area contributed by atoms with Gasteiger partial charge in [0.05, 0.1) is 0 Å². The quantitative estimate of drug-likeness (QED) is 0.351. The van der Waals surface area contributed by atoms with Gasteiger partial charge in [0.25, 0.3) is 0 Å². The lowest BCUT2D eigenvalue weighted by molar-refractivity contribution is 0.576. The van der Waals surface area contributed by atoms with Gasteiger partial charge >= 0.3 is 0 Å². The normalized spacial score (nSPS) is 14.4. The van der Waals surface area contributed by atoms with Gasteiger partial charge in [0.15, 0.2) is 0 Å². The molecule has 0 aromatic rings. The third-order valence-corrected chi connectivity index (χ3v) is 2.84. The van der Waals surface area contributed by atoms with Crippen LogP contribution in [0, 0.1) is 0 Å². The van der Waals surface area contributed by atoms with Gasteiger partial charge in [0, 0.05) is 0 Å². The monoisotopic (exact) mass is 180 g/mol. The Bertz CT molecular complexity index is 144. The molecule has 0 amide bonds. The summed E-state index contributed by atoms with van der Waals surface area (Å²) in [6.07, 6.45) is 16.7. The van der Waals surface area contributed by atoms with Crippen LogP contribution in [0.1, 0.15) is 71.1 Å². The summed E-state index contributed by atoms with van der Waals surface area (Å²) in [5, 5.41) is 0. The van der Waals surface area contributed by atoms with Crippen LogP contribution in [0.2, 0.25) is 0 Å². The van der Waals surface area contributed by atoms with Crippen LogP contribution in [-0.2, 0) is 0 Å². The molecule has 0 radical (unpaired) electrons. The second kappa shape index (κ2) is 7.17. The molecule has 0 N–H and O–H groups in total. The first-order valence-electron chi connectivity index (χ1n) is 6.11. The summed E-state index contributed by atoms with van der Waals surface area (Å²) in [7, 11) is 0. The van der Waals surface area contributed by atoms with Crippen molar-refractivity contribution in [2.45, 2.75) is 71.1 Å². The number of rotatable bonds is 9. The van der Waals surface area contributed by atoms with Crippen molar-refractivity contribution in [2.24, 2.45) is 0 Å². The van der Waals surface area contributed by atoms with Crippen molar-refractivity contribution < 1.29 is 0 Å². The van der Waals surface area contributed by atoms with E-state index in [1.165, 1.54) is 64.2 Å². The Balaban J connectivity index is 1.66. The van der Waals surface area contributed by atoms with E-state index in [2.05, 4.69) is 13.0 Å². The number of hydrogen-bond donors (Lipinski definition) is 0. The highest BCUT2D eigenvalue weighted by Crippen LogP contribution is 2.24. The van der Waals surface area contributed by atoms with E-state index in [9.17, 15) is 0 Å². The summed E-state index contributed by atoms with van der Waals surface area (Å²) in [6, 6.07) is 0. The van der Waals surface area contributed by atoms with E-state index in [-0.39, 0.29) is 0 Å². The first kappa shape index (κ1) is 10.8. The maximum Gasteiger partial charge on any atom is -0.0136 e. The van der Waals surface area contributed by atoms with Crippen LogP contribution in [-0.4, -0.2) is 0 Å². The molecule has 0 heterocycles. The predicted octanol–water partition coefficient (Wildman–Crippen LogP) is 4.85. The Hall–Kier alpha value is -0.260. The Labute approximate surface area is 83.4 Å². The van der Waals surface area contributed by atoms with Crippen molar-refractivity contribution in [1.29, 1.82) is 0 Å². The maximum atomic E-state index is 2.36. The average Bonchev–Trinajstić information content (AvgIpc) is 2.93. The smallest absolute Gasteiger partial charge is 0.0136 e. The molecule has 0 bridgehead atoms. The van der Waals surface area contributed by atoms with Crippen LogP contribution in [0.5, 0.6) is 0 Å². The molecule has 0 nitrogen and oxygen atoms in total. The second-order valence-corrected chi connectivity index (χ2v) is 4.29. The zero-order valence-corrected chi connectivity index (χ0v) is 9.15. The third kappa shape index (κ3) is 6.86. The molecule has 0 aliphatic heterocycles. The SMILES string of the molecule is CCCCCCCCCCC1=CC1. The average molecular weight is 180 g/mol. The second-order valence-electron chi connectivity index (χ2n) is 4.29. The van der Waals surface area contributed by atoms with Gasteiger partial charge in [-0.15, -0.1) is 0 Å². The van der Waals surface area contributed by atoms with Crippen molar-refractivity contribution in [1.82, 2.24) is 0 Å². The van der Waals surface area contributed by atoms with E-state index in [0.29, 0.717) is 0 Å². The largest absolute Gasteiger partial charge is 0.0810 e. The molecule has 0 atom stereocenters. The Morgan fingerprint density at radius 1 is 0.923 bits per heavy atom. The van der Waals surface area contributed by atoms with Gasteiger partial charge in [-0.05, 0) is 19.3 Å². The lowest BCUT2D eigenvalue weighted by Gasteiger charge is -1.99. The molecule has 0 fully saturated rings. The minimum absolute atomic E-state index is 1.33. The van der Waals surface area contributed by atoms with Crippen LogP contribution < -0.4 is 0 Å². The molecule has 0 aromatic carbocycles. The van der Waals surface area contributed by atoms with Gasteiger partial charge in [-0.25, -0.2) is 0 Å². The molecule has 1 aliphatic rings. The molecule has 0 spiro atoms. The van der Waals surface area contributed by atoms with E-state index in [4.69, 9.17) is 0 Å². The first-order chi connectivity index (χ1) is 6.43. The molecule has 0 unspecified atom stereocenters. The van der Waals surface area contributed by atoms with Gasteiger partial charge < -0.3 is 0 Å². The summed E-state index contributed by atoms with van der Waals surface area (Å²) in [5.41, 5.74) is 1.71. The van der Waals surface area contributed by atoms with Crippen LogP contribution in [0.3, 0.4) is 0 Å². The maximum absolute atomic E-state index is 2.36. The highest BCUT2D eigenvalue weighted by Gasteiger charge is 2.04. The molecule has 1 aliphatic carbocycles. The molecular weight excluding hydrogens is 156 g/mol. The van der Waals surface area contributed by atoms with E-state index in [1.807, 2.05) is 0 Å². The van der Waals surface area contributed by atoms with Gasteiger partial charge in [-0.2, -0.15) is 0 Å². The standard InChI is InChI=1S/C13H24/c1-2-3-4-5-6-7-8-9-10-13-11-12-13/h11H,2-10,12H2,1H3. The molecule has 0 saturated carbocycles.